The maximum atomic E-state index is 5.99. The molecule has 5 heteroatoms. The average molecular weight is 305 g/mol. The van der Waals surface area contributed by atoms with E-state index in [4.69, 9.17) is 15.2 Å². The summed E-state index contributed by atoms with van der Waals surface area (Å²) in [5.74, 6) is 1.29. The first-order valence-corrected chi connectivity index (χ1v) is 7.96. The van der Waals surface area contributed by atoms with Crippen LogP contribution in [0.15, 0.2) is 29.3 Å². The molecule has 0 atom stereocenters. The SMILES string of the molecule is CCOCCC1(CN=C(N)Nc2ccc(OC)cc2)CCC1. The molecule has 0 heterocycles. The molecule has 0 radical (unpaired) electrons. The number of nitrogens with zero attached hydrogens (tertiary/aromatic N) is 1. The fourth-order valence-corrected chi connectivity index (χ4v) is 2.71. The molecule has 1 aromatic carbocycles. The molecule has 0 spiro atoms. The molecule has 22 heavy (non-hydrogen) atoms. The molecule has 0 saturated heterocycles. The van der Waals surface area contributed by atoms with Crippen molar-refractivity contribution >= 4 is 11.6 Å². The van der Waals surface area contributed by atoms with Gasteiger partial charge >= 0.3 is 0 Å². The lowest BCUT2D eigenvalue weighted by atomic mass is 9.67. The number of hydrogen-bond acceptors (Lipinski definition) is 3. The van der Waals surface area contributed by atoms with E-state index >= 15 is 0 Å². The number of rotatable bonds is 8. The van der Waals surface area contributed by atoms with Gasteiger partial charge in [0.1, 0.15) is 5.75 Å². The maximum absolute atomic E-state index is 5.99. The second kappa shape index (κ2) is 8.03. The van der Waals surface area contributed by atoms with Crippen LogP contribution in [0.4, 0.5) is 5.69 Å². The predicted molar refractivity (Wildman–Crippen MR) is 90.5 cm³/mol. The standard InChI is InChI=1S/C17H27N3O2/c1-3-22-12-11-17(9-4-10-17)13-19-16(18)20-14-5-7-15(21-2)8-6-14/h5-8H,3-4,9-13H2,1-2H3,(H3,18,19,20). The molecule has 1 aliphatic rings. The first-order valence-electron chi connectivity index (χ1n) is 7.96. The van der Waals surface area contributed by atoms with Crippen molar-refractivity contribution in [3.05, 3.63) is 24.3 Å². The second-order valence-electron chi connectivity index (χ2n) is 5.86. The van der Waals surface area contributed by atoms with Crippen LogP contribution in [-0.4, -0.2) is 32.8 Å². The first-order chi connectivity index (χ1) is 10.7. The molecular weight excluding hydrogens is 278 g/mol. The van der Waals surface area contributed by atoms with Crippen LogP contribution < -0.4 is 15.8 Å². The molecule has 1 aromatic rings. The highest BCUT2D eigenvalue weighted by molar-refractivity contribution is 5.92. The minimum Gasteiger partial charge on any atom is -0.497 e. The van der Waals surface area contributed by atoms with E-state index in [0.29, 0.717) is 11.4 Å². The van der Waals surface area contributed by atoms with E-state index in [1.807, 2.05) is 31.2 Å². The fourth-order valence-electron chi connectivity index (χ4n) is 2.71. The third kappa shape index (κ3) is 4.63. The lowest BCUT2D eigenvalue weighted by molar-refractivity contribution is 0.0610. The van der Waals surface area contributed by atoms with Gasteiger partial charge in [0.05, 0.1) is 7.11 Å². The van der Waals surface area contributed by atoms with Crippen molar-refractivity contribution in [2.75, 3.05) is 32.2 Å². The van der Waals surface area contributed by atoms with Gasteiger partial charge in [-0.1, -0.05) is 6.42 Å². The minimum atomic E-state index is 0.293. The molecular formula is C17H27N3O2. The van der Waals surface area contributed by atoms with E-state index in [0.717, 1.165) is 37.6 Å². The van der Waals surface area contributed by atoms with E-state index in [2.05, 4.69) is 10.3 Å². The van der Waals surface area contributed by atoms with Gasteiger partial charge < -0.3 is 20.5 Å². The van der Waals surface area contributed by atoms with Crippen molar-refractivity contribution in [1.29, 1.82) is 0 Å². The minimum absolute atomic E-state index is 0.293. The van der Waals surface area contributed by atoms with Crippen LogP contribution >= 0.6 is 0 Å². The smallest absolute Gasteiger partial charge is 0.193 e. The average Bonchev–Trinajstić information content (AvgIpc) is 2.50. The molecule has 5 nitrogen and oxygen atoms in total. The maximum Gasteiger partial charge on any atom is 0.193 e. The van der Waals surface area contributed by atoms with Gasteiger partial charge in [-0.25, -0.2) is 0 Å². The molecule has 0 unspecified atom stereocenters. The van der Waals surface area contributed by atoms with E-state index in [1.54, 1.807) is 7.11 Å². The summed E-state index contributed by atoms with van der Waals surface area (Å²) >= 11 is 0. The van der Waals surface area contributed by atoms with Crippen molar-refractivity contribution in [3.8, 4) is 5.75 Å². The number of methoxy groups -OCH3 is 1. The van der Waals surface area contributed by atoms with Crippen molar-refractivity contribution in [1.82, 2.24) is 0 Å². The van der Waals surface area contributed by atoms with Crippen molar-refractivity contribution in [2.45, 2.75) is 32.6 Å². The zero-order valence-electron chi connectivity index (χ0n) is 13.6. The first kappa shape index (κ1) is 16.6. The van der Waals surface area contributed by atoms with Crippen molar-refractivity contribution < 1.29 is 9.47 Å². The Morgan fingerprint density at radius 1 is 1.32 bits per heavy atom. The molecule has 0 bridgehead atoms. The fraction of sp³-hybridized carbons (Fsp3) is 0.588. The Kier molecular flexibility index (Phi) is 6.07. The van der Waals surface area contributed by atoms with Crippen LogP contribution in [0.25, 0.3) is 0 Å². The van der Waals surface area contributed by atoms with Gasteiger partial charge in [0, 0.05) is 25.4 Å². The molecule has 0 aromatic heterocycles. The Hall–Kier alpha value is -1.75. The van der Waals surface area contributed by atoms with E-state index in [9.17, 15) is 0 Å². The van der Waals surface area contributed by atoms with Gasteiger partial charge in [-0.2, -0.15) is 0 Å². The number of anilines is 1. The largest absolute Gasteiger partial charge is 0.497 e. The number of guanidine groups is 1. The summed E-state index contributed by atoms with van der Waals surface area (Å²) < 4.78 is 10.6. The van der Waals surface area contributed by atoms with Crippen LogP contribution in [0.2, 0.25) is 0 Å². The Labute approximate surface area is 132 Å². The number of nitrogens with one attached hydrogen (secondary N) is 1. The summed E-state index contributed by atoms with van der Waals surface area (Å²) in [6.45, 7) is 4.40. The third-order valence-electron chi connectivity index (χ3n) is 4.34. The van der Waals surface area contributed by atoms with Crippen LogP contribution in [0.1, 0.15) is 32.6 Å². The second-order valence-corrected chi connectivity index (χ2v) is 5.86. The lowest BCUT2D eigenvalue weighted by Crippen LogP contribution is -2.35. The molecule has 1 saturated carbocycles. The van der Waals surface area contributed by atoms with Crippen LogP contribution in [0, 0.1) is 5.41 Å². The highest BCUT2D eigenvalue weighted by Gasteiger charge is 2.36. The van der Waals surface area contributed by atoms with Gasteiger partial charge in [0.2, 0.25) is 0 Å². The van der Waals surface area contributed by atoms with Crippen molar-refractivity contribution in [3.63, 3.8) is 0 Å². The Morgan fingerprint density at radius 3 is 2.59 bits per heavy atom. The monoisotopic (exact) mass is 305 g/mol. The molecule has 1 aliphatic carbocycles. The van der Waals surface area contributed by atoms with Crippen LogP contribution in [-0.2, 0) is 4.74 Å². The molecule has 1 fully saturated rings. The third-order valence-corrected chi connectivity index (χ3v) is 4.34. The van der Waals surface area contributed by atoms with Crippen LogP contribution in [0.5, 0.6) is 5.75 Å². The normalized spacial score (nSPS) is 16.9. The number of hydrogen-bond donors (Lipinski definition) is 2. The number of ether oxygens (including phenoxy) is 2. The zero-order chi connectivity index (χ0) is 15.8. The Balaban J connectivity index is 1.85. The molecule has 122 valence electrons. The summed E-state index contributed by atoms with van der Waals surface area (Å²) in [5, 5.41) is 3.12. The molecule has 2 rings (SSSR count). The highest BCUT2D eigenvalue weighted by atomic mass is 16.5. The van der Waals surface area contributed by atoms with E-state index in [-0.39, 0.29) is 0 Å². The summed E-state index contributed by atoms with van der Waals surface area (Å²) in [4.78, 5) is 4.53. The van der Waals surface area contributed by atoms with E-state index in [1.165, 1.54) is 19.3 Å². The topological polar surface area (TPSA) is 68.9 Å². The van der Waals surface area contributed by atoms with Gasteiger partial charge in [0.25, 0.3) is 0 Å². The molecule has 3 N–H and O–H groups in total. The van der Waals surface area contributed by atoms with E-state index < -0.39 is 0 Å². The van der Waals surface area contributed by atoms with Crippen LogP contribution in [0.3, 0.4) is 0 Å². The summed E-state index contributed by atoms with van der Waals surface area (Å²) in [6.07, 6.45) is 4.80. The number of nitrogens with two attached hydrogens (primary N) is 1. The van der Waals surface area contributed by atoms with Crippen molar-refractivity contribution in [2.24, 2.45) is 16.1 Å². The van der Waals surface area contributed by atoms with Gasteiger partial charge in [-0.3, -0.25) is 4.99 Å². The summed E-state index contributed by atoms with van der Waals surface area (Å²) in [7, 11) is 1.65. The molecule has 0 aliphatic heterocycles. The lowest BCUT2D eigenvalue weighted by Gasteiger charge is -2.40. The van der Waals surface area contributed by atoms with Gasteiger partial charge in [-0.15, -0.1) is 0 Å². The molecule has 0 amide bonds. The Bertz CT molecular complexity index is 481. The summed E-state index contributed by atoms with van der Waals surface area (Å²) in [5.41, 5.74) is 7.20. The Morgan fingerprint density at radius 2 is 2.05 bits per heavy atom. The number of benzene rings is 1. The quantitative estimate of drug-likeness (QED) is 0.440. The highest BCUT2D eigenvalue weighted by Crippen LogP contribution is 2.44. The summed E-state index contributed by atoms with van der Waals surface area (Å²) in [6, 6.07) is 7.64. The predicted octanol–water partition coefficient (Wildman–Crippen LogP) is 3.02. The zero-order valence-corrected chi connectivity index (χ0v) is 13.6. The van der Waals surface area contributed by atoms with Gasteiger partial charge in [-0.05, 0) is 55.9 Å². The van der Waals surface area contributed by atoms with Gasteiger partial charge in [0.15, 0.2) is 5.96 Å². The number of aliphatic imine (C=N–C) groups is 1.